The predicted octanol–water partition coefficient (Wildman–Crippen LogP) is 4.60. The van der Waals surface area contributed by atoms with E-state index in [0.29, 0.717) is 12.7 Å². The van der Waals surface area contributed by atoms with Crippen LogP contribution in [-0.2, 0) is 6.42 Å². The molecule has 1 atom stereocenters. The number of nitrogens with zero attached hydrogens (tertiary/aromatic N) is 1. The van der Waals surface area contributed by atoms with E-state index in [9.17, 15) is 0 Å². The van der Waals surface area contributed by atoms with Crippen molar-refractivity contribution in [3.8, 4) is 11.5 Å². The Morgan fingerprint density at radius 3 is 2.50 bits per heavy atom. The lowest BCUT2D eigenvalue weighted by atomic mass is 9.91. The third kappa shape index (κ3) is 5.57. The zero-order valence-corrected chi connectivity index (χ0v) is 14.6. The van der Waals surface area contributed by atoms with E-state index in [2.05, 4.69) is 36.8 Å². The van der Waals surface area contributed by atoms with E-state index < -0.39 is 0 Å². The van der Waals surface area contributed by atoms with E-state index in [1.807, 2.05) is 24.3 Å². The number of hydrogen-bond donors (Lipinski definition) is 0. The highest BCUT2D eigenvalue weighted by Gasteiger charge is 2.15. The first-order chi connectivity index (χ1) is 11.8. The van der Waals surface area contributed by atoms with Crippen LogP contribution in [-0.4, -0.2) is 31.3 Å². The molecule has 0 spiro atoms. The van der Waals surface area contributed by atoms with Crippen LogP contribution in [0.25, 0.3) is 0 Å². The molecular formula is C21H29NO2. The fourth-order valence-electron chi connectivity index (χ4n) is 3.17. The van der Waals surface area contributed by atoms with Crippen molar-refractivity contribution in [2.45, 2.75) is 25.7 Å². The zero-order valence-electron chi connectivity index (χ0n) is 14.6. The molecular weight excluding hydrogens is 298 g/mol. The molecule has 1 aromatic rings. The summed E-state index contributed by atoms with van der Waals surface area (Å²) in [5, 5.41) is 0. The van der Waals surface area contributed by atoms with Gasteiger partial charge in [0, 0.05) is 13.1 Å². The molecule has 3 heteroatoms. The molecule has 0 aromatic heterocycles. The summed E-state index contributed by atoms with van der Waals surface area (Å²) < 4.78 is 10.9. The highest BCUT2D eigenvalue weighted by molar-refractivity contribution is 5.44. The van der Waals surface area contributed by atoms with Gasteiger partial charge in [-0.1, -0.05) is 24.3 Å². The molecule has 0 amide bonds. The summed E-state index contributed by atoms with van der Waals surface area (Å²) in [6.45, 7) is 14.8. The van der Waals surface area contributed by atoms with E-state index >= 15 is 0 Å². The van der Waals surface area contributed by atoms with Gasteiger partial charge in [0.05, 0.1) is 0 Å². The van der Waals surface area contributed by atoms with Crippen molar-refractivity contribution >= 4 is 0 Å². The fourth-order valence-corrected chi connectivity index (χ4v) is 3.17. The Hall–Kier alpha value is -2.00. The number of ether oxygens (including phenoxy) is 2. The van der Waals surface area contributed by atoms with Crippen LogP contribution in [0.2, 0.25) is 0 Å². The molecule has 3 nitrogen and oxygen atoms in total. The molecule has 0 saturated heterocycles. The van der Waals surface area contributed by atoms with Crippen molar-refractivity contribution in [1.82, 2.24) is 4.90 Å². The fraction of sp³-hybridized carbons (Fsp3) is 0.429. The Morgan fingerprint density at radius 2 is 1.79 bits per heavy atom. The third-order valence-electron chi connectivity index (χ3n) is 4.32. The third-order valence-corrected chi connectivity index (χ3v) is 4.32. The van der Waals surface area contributed by atoms with Crippen molar-refractivity contribution in [1.29, 1.82) is 0 Å². The second-order valence-corrected chi connectivity index (χ2v) is 6.26. The summed E-state index contributed by atoms with van der Waals surface area (Å²) >= 11 is 0. The van der Waals surface area contributed by atoms with Crippen LogP contribution < -0.4 is 9.47 Å². The van der Waals surface area contributed by atoms with Crippen LogP contribution in [0.15, 0.2) is 56.2 Å². The quantitative estimate of drug-likeness (QED) is 0.524. The Morgan fingerprint density at radius 1 is 1.04 bits per heavy atom. The molecule has 0 N–H and O–H groups in total. The summed E-state index contributed by atoms with van der Waals surface area (Å²) in [6.07, 6.45) is 10.4. The highest BCUT2D eigenvalue weighted by Crippen LogP contribution is 2.33. The van der Waals surface area contributed by atoms with Crippen molar-refractivity contribution in [2.75, 3.05) is 26.4 Å². The van der Waals surface area contributed by atoms with E-state index in [0.717, 1.165) is 44.0 Å². The summed E-state index contributed by atoms with van der Waals surface area (Å²) in [5.74, 6) is 2.33. The van der Waals surface area contributed by atoms with E-state index in [-0.39, 0.29) is 0 Å². The number of fused-ring (bicyclic) bond motifs is 1. The minimum Gasteiger partial charge on any atom is -0.454 e. The Labute approximate surface area is 146 Å². The lowest BCUT2D eigenvalue weighted by Crippen LogP contribution is -2.25. The van der Waals surface area contributed by atoms with Gasteiger partial charge in [0.1, 0.15) is 0 Å². The van der Waals surface area contributed by atoms with Gasteiger partial charge in [-0.05, 0) is 55.8 Å². The summed E-state index contributed by atoms with van der Waals surface area (Å²) in [6, 6.07) is 6.27. The second-order valence-electron chi connectivity index (χ2n) is 6.26. The van der Waals surface area contributed by atoms with E-state index in [1.54, 1.807) is 0 Å². The summed E-state index contributed by atoms with van der Waals surface area (Å²) in [4.78, 5) is 2.37. The van der Waals surface area contributed by atoms with Gasteiger partial charge in [-0.25, -0.2) is 0 Å². The first kappa shape index (κ1) is 18.3. The molecule has 1 aliphatic rings. The first-order valence-electron chi connectivity index (χ1n) is 8.70. The minimum absolute atomic E-state index is 0.331. The van der Waals surface area contributed by atoms with Gasteiger partial charge in [-0.3, -0.25) is 4.90 Å². The second kappa shape index (κ2) is 9.99. The van der Waals surface area contributed by atoms with E-state index in [1.165, 1.54) is 18.4 Å². The number of hydrogen-bond acceptors (Lipinski definition) is 3. The maximum atomic E-state index is 5.48. The molecule has 0 fully saturated rings. The summed E-state index contributed by atoms with van der Waals surface area (Å²) in [5.41, 5.74) is 1.31. The molecule has 0 radical (unpaired) electrons. The maximum Gasteiger partial charge on any atom is 0.231 e. The summed E-state index contributed by atoms with van der Waals surface area (Å²) in [7, 11) is 0. The van der Waals surface area contributed by atoms with Crippen LogP contribution in [0.5, 0.6) is 11.5 Å². The topological polar surface area (TPSA) is 21.7 Å². The monoisotopic (exact) mass is 327 g/mol. The minimum atomic E-state index is 0.331. The Kier molecular flexibility index (Phi) is 7.63. The van der Waals surface area contributed by atoms with Crippen molar-refractivity contribution in [3.05, 3.63) is 61.7 Å². The standard InChI is InChI=1S/C21H29NO2/c1-4-8-18(9-7-14-22(12-5-2)13-6-3)15-19-10-11-20-21(16-19)24-17-23-20/h4-6,10-11,16,18H,1-3,7-9,12-15,17H2. The molecule has 24 heavy (non-hydrogen) atoms. The van der Waals surface area contributed by atoms with Crippen LogP contribution >= 0.6 is 0 Å². The lowest BCUT2D eigenvalue weighted by molar-refractivity contribution is 0.174. The largest absolute Gasteiger partial charge is 0.454 e. The smallest absolute Gasteiger partial charge is 0.231 e. The predicted molar refractivity (Wildman–Crippen MR) is 101 cm³/mol. The zero-order chi connectivity index (χ0) is 17.2. The van der Waals surface area contributed by atoms with Crippen molar-refractivity contribution < 1.29 is 9.47 Å². The molecule has 2 rings (SSSR count). The van der Waals surface area contributed by atoms with Gasteiger partial charge in [-0.15, -0.1) is 19.7 Å². The van der Waals surface area contributed by atoms with Gasteiger partial charge in [0.15, 0.2) is 11.5 Å². The SMILES string of the molecule is C=CCC(CCCN(CC=C)CC=C)Cc1ccc2c(c1)OCO2. The Balaban J connectivity index is 1.85. The normalized spacial score (nSPS) is 13.7. The molecule has 0 saturated carbocycles. The van der Waals surface area contributed by atoms with Gasteiger partial charge in [0.25, 0.3) is 0 Å². The van der Waals surface area contributed by atoms with Gasteiger partial charge in [-0.2, -0.15) is 0 Å². The molecule has 0 bridgehead atoms. The molecule has 0 aliphatic carbocycles. The number of rotatable bonds is 12. The van der Waals surface area contributed by atoms with Gasteiger partial charge in [0.2, 0.25) is 6.79 Å². The van der Waals surface area contributed by atoms with Crippen LogP contribution in [0.1, 0.15) is 24.8 Å². The number of allylic oxidation sites excluding steroid dienone is 1. The highest BCUT2D eigenvalue weighted by atomic mass is 16.7. The average Bonchev–Trinajstić information content (AvgIpc) is 3.03. The average molecular weight is 327 g/mol. The van der Waals surface area contributed by atoms with Crippen molar-refractivity contribution in [2.24, 2.45) is 5.92 Å². The van der Waals surface area contributed by atoms with Gasteiger partial charge >= 0.3 is 0 Å². The molecule has 1 aliphatic heterocycles. The van der Waals surface area contributed by atoms with E-state index in [4.69, 9.17) is 9.47 Å². The maximum absolute atomic E-state index is 5.48. The molecule has 130 valence electrons. The van der Waals surface area contributed by atoms with Crippen LogP contribution in [0.3, 0.4) is 0 Å². The molecule has 1 heterocycles. The van der Waals surface area contributed by atoms with Gasteiger partial charge < -0.3 is 9.47 Å². The molecule has 1 aromatic carbocycles. The number of benzene rings is 1. The lowest BCUT2D eigenvalue weighted by Gasteiger charge is -2.21. The van der Waals surface area contributed by atoms with Crippen LogP contribution in [0.4, 0.5) is 0 Å². The van der Waals surface area contributed by atoms with Crippen LogP contribution in [0, 0.1) is 5.92 Å². The Bertz CT molecular complexity index is 543. The first-order valence-corrected chi connectivity index (χ1v) is 8.70. The molecule has 1 unspecified atom stereocenters. The van der Waals surface area contributed by atoms with Crippen molar-refractivity contribution in [3.63, 3.8) is 0 Å².